The van der Waals surface area contributed by atoms with Gasteiger partial charge in [0, 0.05) is 0 Å². The maximum absolute atomic E-state index is 12.7. The maximum atomic E-state index is 12.7. The van der Waals surface area contributed by atoms with Crippen LogP contribution in [0.15, 0.2) is 6.07 Å². The highest BCUT2D eigenvalue weighted by molar-refractivity contribution is 5.50. The highest BCUT2D eigenvalue weighted by atomic mass is 19.1. The van der Waals surface area contributed by atoms with Crippen molar-refractivity contribution in [1.29, 1.82) is 0 Å². The Morgan fingerprint density at radius 3 is 2.45 bits per heavy atom. The zero-order valence-electron chi connectivity index (χ0n) is 5.86. The predicted molar refractivity (Wildman–Crippen MR) is 37.2 cm³/mol. The second kappa shape index (κ2) is 2.38. The summed E-state index contributed by atoms with van der Waals surface area (Å²) in [6, 6.07) is 0.987. The lowest BCUT2D eigenvalue weighted by atomic mass is 10.2. The molecule has 0 aliphatic rings. The smallest absolute Gasteiger partial charge is 0.190 e. The zero-order chi connectivity index (χ0) is 8.59. The molecule has 0 amide bonds. The van der Waals surface area contributed by atoms with Gasteiger partial charge < -0.3 is 10.8 Å². The number of anilines is 1. The number of hydrogen-bond acceptors (Lipinski definition) is 2. The SMILES string of the molecule is Cc1cc(O)c(F)c(N)c1F. The molecule has 0 unspecified atom stereocenters. The van der Waals surface area contributed by atoms with Gasteiger partial charge in [-0.25, -0.2) is 8.78 Å². The van der Waals surface area contributed by atoms with Crippen molar-refractivity contribution in [1.82, 2.24) is 0 Å². The van der Waals surface area contributed by atoms with Gasteiger partial charge in [0.25, 0.3) is 0 Å². The highest BCUT2D eigenvalue weighted by Gasteiger charge is 2.12. The normalized spacial score (nSPS) is 10.1. The maximum Gasteiger partial charge on any atom is 0.190 e. The number of nitrogen functional groups attached to an aromatic ring is 1. The van der Waals surface area contributed by atoms with Crippen molar-refractivity contribution >= 4 is 5.69 Å². The van der Waals surface area contributed by atoms with Crippen LogP contribution in [0, 0.1) is 18.6 Å². The average Bonchev–Trinajstić information content (AvgIpc) is 1.97. The van der Waals surface area contributed by atoms with Crippen LogP contribution < -0.4 is 5.73 Å². The van der Waals surface area contributed by atoms with Gasteiger partial charge in [-0.05, 0) is 18.6 Å². The standard InChI is InChI=1S/C7H7F2NO/c1-3-2-4(11)6(9)7(10)5(3)8/h2,11H,10H2,1H3. The Bertz CT molecular complexity index is 273. The van der Waals surface area contributed by atoms with Gasteiger partial charge in [0.2, 0.25) is 0 Å². The Balaban J connectivity index is 3.46. The van der Waals surface area contributed by atoms with E-state index in [-0.39, 0.29) is 5.56 Å². The highest BCUT2D eigenvalue weighted by Crippen LogP contribution is 2.26. The van der Waals surface area contributed by atoms with Gasteiger partial charge in [-0.15, -0.1) is 0 Å². The number of phenolic OH excluding ortho intramolecular Hbond substituents is 1. The molecule has 0 aliphatic heterocycles. The summed E-state index contributed by atoms with van der Waals surface area (Å²) in [6.45, 7) is 1.39. The predicted octanol–water partition coefficient (Wildman–Crippen LogP) is 1.56. The van der Waals surface area contributed by atoms with Crippen LogP contribution in [0.4, 0.5) is 14.5 Å². The third kappa shape index (κ3) is 1.11. The molecule has 0 saturated carbocycles. The number of hydrogen-bond donors (Lipinski definition) is 2. The third-order valence-electron chi connectivity index (χ3n) is 1.40. The minimum atomic E-state index is -1.10. The first-order valence-electron chi connectivity index (χ1n) is 2.97. The summed E-state index contributed by atoms with van der Waals surface area (Å²) in [5.74, 6) is -2.55. The van der Waals surface area contributed by atoms with Crippen molar-refractivity contribution in [2.24, 2.45) is 0 Å². The van der Waals surface area contributed by atoms with E-state index in [1.54, 1.807) is 0 Å². The van der Waals surface area contributed by atoms with Gasteiger partial charge in [0.05, 0.1) is 0 Å². The van der Waals surface area contributed by atoms with Gasteiger partial charge in [-0.1, -0.05) is 0 Å². The van der Waals surface area contributed by atoms with E-state index in [0.29, 0.717) is 0 Å². The fourth-order valence-corrected chi connectivity index (χ4v) is 0.779. The molecule has 1 rings (SSSR count). The molecule has 2 nitrogen and oxygen atoms in total. The van der Waals surface area contributed by atoms with E-state index in [4.69, 9.17) is 10.8 Å². The van der Waals surface area contributed by atoms with Crippen molar-refractivity contribution in [3.05, 3.63) is 23.3 Å². The third-order valence-corrected chi connectivity index (χ3v) is 1.40. The lowest BCUT2D eigenvalue weighted by Crippen LogP contribution is -1.97. The van der Waals surface area contributed by atoms with Crippen LogP contribution >= 0.6 is 0 Å². The van der Waals surface area contributed by atoms with Crippen molar-refractivity contribution in [3.63, 3.8) is 0 Å². The van der Waals surface area contributed by atoms with E-state index >= 15 is 0 Å². The largest absolute Gasteiger partial charge is 0.505 e. The minimum Gasteiger partial charge on any atom is -0.505 e. The van der Waals surface area contributed by atoms with Crippen molar-refractivity contribution in [2.45, 2.75) is 6.92 Å². The fraction of sp³-hybridized carbons (Fsp3) is 0.143. The number of benzene rings is 1. The average molecular weight is 159 g/mol. The van der Waals surface area contributed by atoms with Crippen LogP contribution in [0.2, 0.25) is 0 Å². The summed E-state index contributed by atoms with van der Waals surface area (Å²) in [7, 11) is 0. The summed E-state index contributed by atoms with van der Waals surface area (Å²) >= 11 is 0. The Labute approximate surface area is 62.3 Å². The first-order chi connectivity index (χ1) is 5.04. The van der Waals surface area contributed by atoms with Crippen LogP contribution in [0.25, 0.3) is 0 Å². The van der Waals surface area contributed by atoms with E-state index in [1.807, 2.05) is 0 Å². The van der Waals surface area contributed by atoms with Gasteiger partial charge in [-0.2, -0.15) is 0 Å². The Kier molecular flexibility index (Phi) is 1.68. The molecule has 0 atom stereocenters. The molecule has 0 spiro atoms. The Hall–Kier alpha value is -1.32. The molecule has 0 aliphatic carbocycles. The van der Waals surface area contributed by atoms with Crippen LogP contribution in [0.1, 0.15) is 5.56 Å². The molecule has 0 heterocycles. The quantitative estimate of drug-likeness (QED) is 0.564. The van der Waals surface area contributed by atoms with E-state index in [2.05, 4.69) is 0 Å². The topological polar surface area (TPSA) is 46.2 Å². The lowest BCUT2D eigenvalue weighted by molar-refractivity contribution is 0.429. The lowest BCUT2D eigenvalue weighted by Gasteiger charge is -2.03. The van der Waals surface area contributed by atoms with E-state index in [0.717, 1.165) is 6.07 Å². The summed E-state index contributed by atoms with van der Waals surface area (Å²) < 4.78 is 25.3. The van der Waals surface area contributed by atoms with Gasteiger partial charge >= 0.3 is 0 Å². The van der Waals surface area contributed by atoms with E-state index in [1.165, 1.54) is 6.92 Å². The van der Waals surface area contributed by atoms with E-state index < -0.39 is 23.1 Å². The van der Waals surface area contributed by atoms with E-state index in [9.17, 15) is 8.78 Å². The van der Waals surface area contributed by atoms with Crippen LogP contribution in [-0.2, 0) is 0 Å². The molecule has 0 bridgehead atoms. The number of rotatable bonds is 0. The number of phenols is 1. The first-order valence-corrected chi connectivity index (χ1v) is 2.97. The molecule has 11 heavy (non-hydrogen) atoms. The van der Waals surface area contributed by atoms with Crippen LogP contribution in [0.5, 0.6) is 5.75 Å². The van der Waals surface area contributed by atoms with Crippen LogP contribution in [0.3, 0.4) is 0 Å². The zero-order valence-corrected chi connectivity index (χ0v) is 5.86. The molecule has 0 aromatic heterocycles. The summed E-state index contributed by atoms with van der Waals surface area (Å²) in [4.78, 5) is 0. The minimum absolute atomic E-state index is 0.126. The second-order valence-electron chi connectivity index (χ2n) is 2.25. The van der Waals surface area contributed by atoms with Crippen molar-refractivity contribution < 1.29 is 13.9 Å². The summed E-state index contributed by atoms with van der Waals surface area (Å²) in [5, 5.41) is 8.78. The van der Waals surface area contributed by atoms with Gasteiger partial charge in [0.15, 0.2) is 17.4 Å². The Morgan fingerprint density at radius 1 is 1.36 bits per heavy atom. The molecule has 0 radical (unpaired) electrons. The van der Waals surface area contributed by atoms with Gasteiger partial charge in [0.1, 0.15) is 5.69 Å². The Morgan fingerprint density at radius 2 is 1.91 bits per heavy atom. The molecule has 1 aromatic carbocycles. The van der Waals surface area contributed by atoms with Crippen molar-refractivity contribution in [2.75, 3.05) is 5.73 Å². The van der Waals surface area contributed by atoms with Crippen LogP contribution in [-0.4, -0.2) is 5.11 Å². The number of aromatic hydroxyl groups is 1. The van der Waals surface area contributed by atoms with Gasteiger partial charge in [-0.3, -0.25) is 0 Å². The molecular formula is C7H7F2NO. The summed E-state index contributed by atoms with van der Waals surface area (Å²) in [6.07, 6.45) is 0. The molecule has 1 aromatic rings. The molecule has 60 valence electrons. The first kappa shape index (κ1) is 7.78. The number of halogens is 2. The monoisotopic (exact) mass is 159 g/mol. The van der Waals surface area contributed by atoms with Crippen molar-refractivity contribution in [3.8, 4) is 5.75 Å². The molecule has 4 heteroatoms. The number of aryl methyl sites for hydroxylation is 1. The molecular weight excluding hydrogens is 152 g/mol. The molecule has 3 N–H and O–H groups in total. The second-order valence-corrected chi connectivity index (χ2v) is 2.25. The summed E-state index contributed by atoms with van der Waals surface area (Å²) in [5.41, 5.74) is 4.46. The molecule has 0 saturated heterocycles. The number of nitrogens with two attached hydrogens (primary N) is 1. The molecule has 0 fully saturated rings. The fourth-order valence-electron chi connectivity index (χ4n) is 0.779.